The molecular formula is C13H10O5S. The Kier molecular flexibility index (Phi) is 3.64. The van der Waals surface area contributed by atoms with Gasteiger partial charge in [-0.1, -0.05) is 12.1 Å². The number of rotatable bonds is 4. The van der Waals surface area contributed by atoms with Crippen molar-refractivity contribution < 1.29 is 22.5 Å². The van der Waals surface area contributed by atoms with Crippen molar-refractivity contribution in [3.63, 3.8) is 0 Å². The van der Waals surface area contributed by atoms with E-state index in [0.29, 0.717) is 23.3 Å². The first-order valence-electron chi connectivity index (χ1n) is 5.30. The first-order valence-corrected chi connectivity index (χ1v) is 6.74. The summed E-state index contributed by atoms with van der Waals surface area (Å²) < 4.78 is 36.0. The molecule has 0 fully saturated rings. The highest BCUT2D eigenvalue weighted by Gasteiger charge is 2.09. The van der Waals surface area contributed by atoms with Crippen molar-refractivity contribution in [2.75, 3.05) is 0 Å². The van der Waals surface area contributed by atoms with Gasteiger partial charge in [-0.2, -0.15) is 8.42 Å². The number of carbonyl (C=O) groups excluding carboxylic acids is 1. The van der Waals surface area contributed by atoms with Crippen LogP contribution in [0.3, 0.4) is 0 Å². The van der Waals surface area contributed by atoms with Crippen LogP contribution in [0.25, 0.3) is 0 Å². The monoisotopic (exact) mass is 278 g/mol. The standard InChI is InChI=1S/C13H10O5S/c14-9-10-3-1-2-4-13(10)18-11-5-7-12(8-6-11)19(15,16)17/h1-9H,(H,15,16,17). The van der Waals surface area contributed by atoms with E-state index in [2.05, 4.69) is 0 Å². The summed E-state index contributed by atoms with van der Waals surface area (Å²) in [7, 11) is -4.22. The van der Waals surface area contributed by atoms with Crippen LogP contribution in [0.15, 0.2) is 53.4 Å². The third-order valence-corrected chi connectivity index (χ3v) is 3.26. The van der Waals surface area contributed by atoms with E-state index in [0.717, 1.165) is 0 Å². The summed E-state index contributed by atoms with van der Waals surface area (Å²) in [5, 5.41) is 0. The van der Waals surface area contributed by atoms with Gasteiger partial charge in [0.25, 0.3) is 10.1 Å². The molecule has 0 aliphatic rings. The van der Waals surface area contributed by atoms with Crippen LogP contribution in [0.5, 0.6) is 11.5 Å². The molecule has 0 radical (unpaired) electrons. The molecule has 0 bridgehead atoms. The minimum Gasteiger partial charge on any atom is -0.457 e. The van der Waals surface area contributed by atoms with Gasteiger partial charge in [0.2, 0.25) is 0 Å². The molecular weight excluding hydrogens is 268 g/mol. The van der Waals surface area contributed by atoms with Crippen LogP contribution in [-0.2, 0) is 10.1 Å². The molecule has 6 heteroatoms. The summed E-state index contributed by atoms with van der Waals surface area (Å²) in [5.41, 5.74) is 0.390. The number of hydrogen-bond acceptors (Lipinski definition) is 4. The van der Waals surface area contributed by atoms with Crippen LogP contribution in [-0.4, -0.2) is 19.3 Å². The van der Waals surface area contributed by atoms with Crippen molar-refractivity contribution in [2.45, 2.75) is 4.90 Å². The second kappa shape index (κ2) is 5.21. The average molecular weight is 278 g/mol. The Hall–Kier alpha value is -2.18. The Morgan fingerprint density at radius 1 is 1.00 bits per heavy atom. The maximum absolute atomic E-state index is 10.9. The Labute approximate surface area is 110 Å². The zero-order chi connectivity index (χ0) is 13.9. The quantitative estimate of drug-likeness (QED) is 0.686. The minimum atomic E-state index is -4.22. The van der Waals surface area contributed by atoms with Crippen molar-refractivity contribution in [1.29, 1.82) is 0 Å². The van der Waals surface area contributed by atoms with Crippen molar-refractivity contribution in [3.05, 3.63) is 54.1 Å². The summed E-state index contributed by atoms with van der Waals surface area (Å²) in [6.45, 7) is 0. The molecule has 0 saturated heterocycles. The van der Waals surface area contributed by atoms with Gasteiger partial charge in [0, 0.05) is 0 Å². The normalized spacial score (nSPS) is 11.0. The average Bonchev–Trinajstić information content (AvgIpc) is 2.39. The van der Waals surface area contributed by atoms with Crippen molar-refractivity contribution in [2.24, 2.45) is 0 Å². The lowest BCUT2D eigenvalue weighted by Gasteiger charge is -2.07. The molecule has 0 amide bonds. The lowest BCUT2D eigenvalue weighted by atomic mass is 10.2. The summed E-state index contributed by atoms with van der Waals surface area (Å²) in [6.07, 6.45) is 0.669. The van der Waals surface area contributed by atoms with Gasteiger partial charge in [0.15, 0.2) is 6.29 Å². The van der Waals surface area contributed by atoms with Gasteiger partial charge in [0.1, 0.15) is 11.5 Å². The molecule has 0 heterocycles. The summed E-state index contributed by atoms with van der Waals surface area (Å²) >= 11 is 0. The molecule has 2 aromatic carbocycles. The largest absolute Gasteiger partial charge is 0.457 e. The molecule has 19 heavy (non-hydrogen) atoms. The van der Waals surface area contributed by atoms with Gasteiger partial charge in [-0.25, -0.2) is 0 Å². The number of ether oxygens (including phenoxy) is 1. The van der Waals surface area contributed by atoms with E-state index in [4.69, 9.17) is 9.29 Å². The zero-order valence-corrected chi connectivity index (χ0v) is 10.5. The highest BCUT2D eigenvalue weighted by atomic mass is 32.2. The molecule has 0 atom stereocenters. The second-order valence-electron chi connectivity index (χ2n) is 3.70. The second-order valence-corrected chi connectivity index (χ2v) is 5.13. The molecule has 1 N–H and O–H groups in total. The zero-order valence-electron chi connectivity index (χ0n) is 9.68. The molecule has 0 saturated carbocycles. The highest BCUT2D eigenvalue weighted by Crippen LogP contribution is 2.25. The van der Waals surface area contributed by atoms with Gasteiger partial charge in [0.05, 0.1) is 10.5 Å². The molecule has 5 nitrogen and oxygen atoms in total. The predicted octanol–water partition coefficient (Wildman–Crippen LogP) is 2.54. The van der Waals surface area contributed by atoms with Crippen molar-refractivity contribution >= 4 is 16.4 Å². The van der Waals surface area contributed by atoms with E-state index in [1.165, 1.54) is 24.3 Å². The first kappa shape index (κ1) is 13.3. The predicted molar refractivity (Wildman–Crippen MR) is 68.2 cm³/mol. The topological polar surface area (TPSA) is 80.7 Å². The number of hydrogen-bond donors (Lipinski definition) is 1. The first-order chi connectivity index (χ1) is 9.00. The van der Waals surface area contributed by atoms with Crippen molar-refractivity contribution in [3.8, 4) is 11.5 Å². The van der Waals surface area contributed by atoms with Crippen LogP contribution in [0.4, 0.5) is 0 Å². The van der Waals surface area contributed by atoms with Crippen LogP contribution < -0.4 is 4.74 Å². The minimum absolute atomic E-state index is 0.219. The fraction of sp³-hybridized carbons (Fsp3) is 0. The Balaban J connectivity index is 2.27. The smallest absolute Gasteiger partial charge is 0.294 e. The molecule has 0 aliphatic carbocycles. The molecule has 0 aromatic heterocycles. The third kappa shape index (κ3) is 3.18. The molecule has 0 spiro atoms. The number of aldehydes is 1. The Morgan fingerprint density at radius 2 is 1.63 bits per heavy atom. The fourth-order valence-corrected chi connectivity index (χ4v) is 1.96. The summed E-state index contributed by atoms with van der Waals surface area (Å²) in [5.74, 6) is 0.735. The molecule has 0 unspecified atom stereocenters. The van der Waals surface area contributed by atoms with E-state index in [-0.39, 0.29) is 4.90 Å². The van der Waals surface area contributed by atoms with Gasteiger partial charge in [-0.3, -0.25) is 9.35 Å². The van der Waals surface area contributed by atoms with Crippen molar-refractivity contribution in [1.82, 2.24) is 0 Å². The van der Waals surface area contributed by atoms with Gasteiger partial charge in [-0.15, -0.1) is 0 Å². The number of carbonyl (C=O) groups is 1. The maximum atomic E-state index is 10.9. The van der Waals surface area contributed by atoms with E-state index < -0.39 is 10.1 Å². The molecule has 98 valence electrons. The van der Waals surface area contributed by atoms with Crippen LogP contribution >= 0.6 is 0 Å². The van der Waals surface area contributed by atoms with E-state index in [1.54, 1.807) is 24.3 Å². The lowest BCUT2D eigenvalue weighted by Crippen LogP contribution is -1.97. The van der Waals surface area contributed by atoms with Crippen LogP contribution in [0.2, 0.25) is 0 Å². The summed E-state index contributed by atoms with van der Waals surface area (Å²) in [4.78, 5) is 10.6. The third-order valence-electron chi connectivity index (χ3n) is 2.40. The molecule has 2 aromatic rings. The van der Waals surface area contributed by atoms with Gasteiger partial charge in [-0.05, 0) is 36.4 Å². The lowest BCUT2D eigenvalue weighted by molar-refractivity contribution is 0.112. The summed E-state index contributed by atoms with van der Waals surface area (Å²) in [6, 6.07) is 11.9. The SMILES string of the molecule is O=Cc1ccccc1Oc1ccc(S(=O)(=O)O)cc1. The Bertz CT molecular complexity index is 689. The van der Waals surface area contributed by atoms with E-state index in [1.807, 2.05) is 0 Å². The number of para-hydroxylation sites is 1. The highest BCUT2D eigenvalue weighted by molar-refractivity contribution is 7.85. The van der Waals surface area contributed by atoms with Crippen LogP contribution in [0, 0.1) is 0 Å². The van der Waals surface area contributed by atoms with Crippen LogP contribution in [0.1, 0.15) is 10.4 Å². The molecule has 2 rings (SSSR count). The maximum Gasteiger partial charge on any atom is 0.294 e. The van der Waals surface area contributed by atoms with Gasteiger partial charge < -0.3 is 4.74 Å². The molecule has 0 aliphatic heterocycles. The van der Waals surface area contributed by atoms with E-state index in [9.17, 15) is 13.2 Å². The van der Waals surface area contributed by atoms with E-state index >= 15 is 0 Å². The van der Waals surface area contributed by atoms with Gasteiger partial charge >= 0.3 is 0 Å². The Morgan fingerprint density at radius 3 is 2.21 bits per heavy atom. The number of benzene rings is 2. The fourth-order valence-electron chi connectivity index (χ4n) is 1.48.